The molecule has 0 spiro atoms. The molecule has 1 aliphatic carbocycles. The number of amides is 1. The summed E-state index contributed by atoms with van der Waals surface area (Å²) >= 11 is 0. The summed E-state index contributed by atoms with van der Waals surface area (Å²) in [6.07, 6.45) is 7.19. The van der Waals surface area contributed by atoms with Crippen molar-refractivity contribution in [2.75, 3.05) is 6.54 Å². The van der Waals surface area contributed by atoms with Crippen molar-refractivity contribution in [2.24, 2.45) is 5.41 Å². The second-order valence-electron chi connectivity index (χ2n) is 4.10. The van der Waals surface area contributed by atoms with E-state index in [4.69, 9.17) is 0 Å². The standard InChI is InChI=1S/C11H19NO/c1-3-4-9-12-10(13)11(2)7-5-6-8-11/h3H,1,4-9H2,2H3,(H,12,13). The van der Waals surface area contributed by atoms with E-state index in [1.165, 1.54) is 12.8 Å². The highest BCUT2D eigenvalue weighted by molar-refractivity contribution is 5.82. The summed E-state index contributed by atoms with van der Waals surface area (Å²) in [7, 11) is 0. The zero-order valence-corrected chi connectivity index (χ0v) is 8.44. The van der Waals surface area contributed by atoms with Gasteiger partial charge in [0.05, 0.1) is 0 Å². The van der Waals surface area contributed by atoms with Gasteiger partial charge in [-0.1, -0.05) is 25.8 Å². The number of carbonyl (C=O) groups is 1. The van der Waals surface area contributed by atoms with Crippen LogP contribution in [0.4, 0.5) is 0 Å². The van der Waals surface area contributed by atoms with Gasteiger partial charge in [-0.05, 0) is 19.3 Å². The van der Waals surface area contributed by atoms with Crippen LogP contribution in [0.2, 0.25) is 0 Å². The van der Waals surface area contributed by atoms with E-state index in [-0.39, 0.29) is 11.3 Å². The number of hydrogen-bond donors (Lipinski definition) is 1. The van der Waals surface area contributed by atoms with E-state index >= 15 is 0 Å². The normalized spacial score (nSPS) is 19.8. The minimum atomic E-state index is -0.0822. The van der Waals surface area contributed by atoms with Crippen molar-refractivity contribution in [2.45, 2.75) is 39.0 Å². The maximum absolute atomic E-state index is 11.7. The second kappa shape index (κ2) is 4.45. The maximum atomic E-state index is 11.7. The van der Waals surface area contributed by atoms with Crippen molar-refractivity contribution in [1.29, 1.82) is 0 Å². The first-order valence-electron chi connectivity index (χ1n) is 5.08. The van der Waals surface area contributed by atoms with Crippen molar-refractivity contribution in [1.82, 2.24) is 5.32 Å². The monoisotopic (exact) mass is 181 g/mol. The summed E-state index contributed by atoms with van der Waals surface area (Å²) in [5, 5.41) is 2.96. The lowest BCUT2D eigenvalue weighted by molar-refractivity contribution is -0.129. The largest absolute Gasteiger partial charge is 0.355 e. The Bertz CT molecular complexity index is 192. The molecule has 13 heavy (non-hydrogen) atoms. The molecule has 0 aromatic rings. The summed E-state index contributed by atoms with van der Waals surface area (Å²) < 4.78 is 0. The Kier molecular flexibility index (Phi) is 3.52. The average Bonchev–Trinajstić information content (AvgIpc) is 2.54. The van der Waals surface area contributed by atoms with Crippen LogP contribution in [0.1, 0.15) is 39.0 Å². The molecule has 0 bridgehead atoms. The van der Waals surface area contributed by atoms with Crippen molar-refractivity contribution in [3.63, 3.8) is 0 Å². The van der Waals surface area contributed by atoms with Gasteiger partial charge in [0.25, 0.3) is 0 Å². The van der Waals surface area contributed by atoms with Crippen LogP contribution in [-0.4, -0.2) is 12.5 Å². The Balaban J connectivity index is 2.33. The fourth-order valence-corrected chi connectivity index (χ4v) is 1.88. The minimum absolute atomic E-state index is 0.0822. The summed E-state index contributed by atoms with van der Waals surface area (Å²) in [5.74, 6) is 0.229. The fourth-order valence-electron chi connectivity index (χ4n) is 1.88. The first-order valence-corrected chi connectivity index (χ1v) is 5.08. The molecule has 1 N–H and O–H groups in total. The number of nitrogens with one attached hydrogen (secondary N) is 1. The third-order valence-corrected chi connectivity index (χ3v) is 2.89. The Morgan fingerprint density at radius 2 is 2.15 bits per heavy atom. The first kappa shape index (κ1) is 10.3. The molecule has 0 aromatic carbocycles. The van der Waals surface area contributed by atoms with Crippen LogP contribution in [0.25, 0.3) is 0 Å². The third kappa shape index (κ3) is 2.58. The smallest absolute Gasteiger partial charge is 0.225 e. The molecule has 0 unspecified atom stereocenters. The van der Waals surface area contributed by atoms with Crippen LogP contribution >= 0.6 is 0 Å². The van der Waals surface area contributed by atoms with E-state index in [1.807, 2.05) is 6.08 Å². The van der Waals surface area contributed by atoms with Gasteiger partial charge in [-0.3, -0.25) is 4.79 Å². The zero-order valence-electron chi connectivity index (χ0n) is 8.44. The number of carbonyl (C=O) groups excluding carboxylic acids is 1. The molecule has 0 aliphatic heterocycles. The van der Waals surface area contributed by atoms with Crippen LogP contribution in [0, 0.1) is 5.41 Å². The fraction of sp³-hybridized carbons (Fsp3) is 0.727. The molecule has 0 aromatic heterocycles. The lowest BCUT2D eigenvalue weighted by Crippen LogP contribution is -2.37. The van der Waals surface area contributed by atoms with Crippen molar-refractivity contribution < 1.29 is 4.79 Å². The Labute approximate surface area is 80.4 Å². The van der Waals surface area contributed by atoms with Gasteiger partial charge in [-0.15, -0.1) is 6.58 Å². The highest BCUT2D eigenvalue weighted by atomic mass is 16.2. The Hall–Kier alpha value is -0.790. The van der Waals surface area contributed by atoms with E-state index in [9.17, 15) is 4.79 Å². The van der Waals surface area contributed by atoms with E-state index < -0.39 is 0 Å². The van der Waals surface area contributed by atoms with Crippen LogP contribution in [0.15, 0.2) is 12.7 Å². The van der Waals surface area contributed by atoms with Crippen molar-refractivity contribution in [3.8, 4) is 0 Å². The average molecular weight is 181 g/mol. The molecular formula is C11H19NO. The minimum Gasteiger partial charge on any atom is -0.355 e. The number of hydrogen-bond acceptors (Lipinski definition) is 1. The molecule has 2 heteroatoms. The summed E-state index contributed by atoms with van der Waals surface area (Å²) in [6, 6.07) is 0. The zero-order chi connectivity index (χ0) is 9.73. The molecule has 1 amide bonds. The van der Waals surface area contributed by atoms with Crippen LogP contribution in [0.5, 0.6) is 0 Å². The van der Waals surface area contributed by atoms with Gasteiger partial charge in [-0.2, -0.15) is 0 Å². The van der Waals surface area contributed by atoms with Crippen LogP contribution in [0.3, 0.4) is 0 Å². The van der Waals surface area contributed by atoms with Gasteiger partial charge in [0.1, 0.15) is 0 Å². The quantitative estimate of drug-likeness (QED) is 0.523. The lowest BCUT2D eigenvalue weighted by atomic mass is 9.88. The molecule has 0 saturated heterocycles. The lowest BCUT2D eigenvalue weighted by Gasteiger charge is -2.21. The van der Waals surface area contributed by atoms with Gasteiger partial charge in [0, 0.05) is 12.0 Å². The third-order valence-electron chi connectivity index (χ3n) is 2.89. The molecule has 0 radical (unpaired) electrons. The van der Waals surface area contributed by atoms with E-state index in [0.29, 0.717) is 0 Å². The topological polar surface area (TPSA) is 29.1 Å². The molecule has 1 fully saturated rings. The van der Waals surface area contributed by atoms with E-state index in [2.05, 4.69) is 18.8 Å². The molecule has 1 rings (SSSR count). The molecular weight excluding hydrogens is 162 g/mol. The summed E-state index contributed by atoms with van der Waals surface area (Å²) in [4.78, 5) is 11.7. The highest BCUT2D eigenvalue weighted by Crippen LogP contribution is 2.37. The first-order chi connectivity index (χ1) is 6.19. The predicted molar refractivity (Wildman–Crippen MR) is 54.4 cm³/mol. The van der Waals surface area contributed by atoms with Gasteiger partial charge in [0.15, 0.2) is 0 Å². The molecule has 1 saturated carbocycles. The molecule has 0 atom stereocenters. The second-order valence-corrected chi connectivity index (χ2v) is 4.10. The Morgan fingerprint density at radius 1 is 1.54 bits per heavy atom. The molecule has 1 aliphatic rings. The summed E-state index contributed by atoms with van der Waals surface area (Å²) in [6.45, 7) is 6.43. The maximum Gasteiger partial charge on any atom is 0.225 e. The Morgan fingerprint density at radius 3 is 2.69 bits per heavy atom. The SMILES string of the molecule is C=CCCNC(=O)C1(C)CCCC1. The van der Waals surface area contributed by atoms with Crippen molar-refractivity contribution in [3.05, 3.63) is 12.7 Å². The highest BCUT2D eigenvalue weighted by Gasteiger charge is 2.35. The van der Waals surface area contributed by atoms with Gasteiger partial charge < -0.3 is 5.32 Å². The van der Waals surface area contributed by atoms with Crippen LogP contribution in [-0.2, 0) is 4.79 Å². The molecule has 2 nitrogen and oxygen atoms in total. The van der Waals surface area contributed by atoms with Crippen molar-refractivity contribution >= 4 is 5.91 Å². The number of rotatable bonds is 4. The molecule has 0 heterocycles. The predicted octanol–water partition coefficient (Wildman–Crippen LogP) is 2.26. The van der Waals surface area contributed by atoms with E-state index in [0.717, 1.165) is 25.8 Å². The summed E-state index contributed by atoms with van der Waals surface area (Å²) in [5.41, 5.74) is -0.0822. The van der Waals surface area contributed by atoms with E-state index in [1.54, 1.807) is 0 Å². The molecule has 74 valence electrons. The van der Waals surface area contributed by atoms with Gasteiger partial charge >= 0.3 is 0 Å². The van der Waals surface area contributed by atoms with Gasteiger partial charge in [-0.25, -0.2) is 0 Å². The van der Waals surface area contributed by atoms with Crippen LogP contribution < -0.4 is 5.32 Å². The van der Waals surface area contributed by atoms with Gasteiger partial charge in [0.2, 0.25) is 5.91 Å².